The molecule has 2 fully saturated rings. The topological polar surface area (TPSA) is 84.0 Å². The van der Waals surface area contributed by atoms with Gasteiger partial charge in [-0.15, -0.1) is 0 Å². The van der Waals surface area contributed by atoms with Gasteiger partial charge in [-0.1, -0.05) is 6.07 Å². The van der Waals surface area contributed by atoms with E-state index in [1.165, 1.54) is 11.3 Å². The predicted octanol–water partition coefficient (Wildman–Crippen LogP) is 3.45. The Labute approximate surface area is 185 Å². The van der Waals surface area contributed by atoms with Gasteiger partial charge in [0.15, 0.2) is 0 Å². The number of nitrogens with zero attached hydrogens (tertiary/aromatic N) is 3. The van der Waals surface area contributed by atoms with Crippen LogP contribution in [0.15, 0.2) is 18.3 Å². The van der Waals surface area contributed by atoms with Gasteiger partial charge in [0.05, 0.1) is 6.10 Å². The molecule has 0 aliphatic carbocycles. The van der Waals surface area contributed by atoms with Crippen LogP contribution in [0.25, 0.3) is 0 Å². The van der Waals surface area contributed by atoms with Crippen molar-refractivity contribution in [1.29, 1.82) is 0 Å². The highest BCUT2D eigenvalue weighted by atomic mass is 16.6. The minimum absolute atomic E-state index is 0.266. The smallest absolute Gasteiger partial charge is 0.413 e. The van der Waals surface area contributed by atoms with E-state index in [2.05, 4.69) is 15.2 Å². The number of anilines is 1. The first-order valence-corrected chi connectivity index (χ1v) is 11.2. The van der Waals surface area contributed by atoms with E-state index in [1.54, 1.807) is 47.7 Å². The Morgan fingerprint density at radius 3 is 2.58 bits per heavy atom. The molecule has 0 bridgehead atoms. The third-order valence-electron chi connectivity index (χ3n) is 5.61. The van der Waals surface area contributed by atoms with Gasteiger partial charge in [0.2, 0.25) is 5.91 Å². The van der Waals surface area contributed by atoms with Crippen molar-refractivity contribution in [3.8, 4) is 0 Å². The van der Waals surface area contributed by atoms with Gasteiger partial charge in [0.1, 0.15) is 23.2 Å². The third kappa shape index (κ3) is 5.47. The highest BCUT2D eigenvalue weighted by Gasteiger charge is 2.52. The molecule has 0 saturated carbocycles. The fourth-order valence-electron chi connectivity index (χ4n) is 4.34. The summed E-state index contributed by atoms with van der Waals surface area (Å²) in [7, 11) is 0. The van der Waals surface area contributed by atoms with Gasteiger partial charge in [-0.2, -0.15) is 0 Å². The van der Waals surface area contributed by atoms with Crippen LogP contribution >= 0.6 is 0 Å². The van der Waals surface area contributed by atoms with E-state index < -0.39 is 29.6 Å². The van der Waals surface area contributed by atoms with Gasteiger partial charge < -0.3 is 19.7 Å². The Morgan fingerprint density at radius 1 is 1.26 bits per heavy atom. The number of carbonyl (C=O) groups is 2. The molecule has 31 heavy (non-hydrogen) atoms. The number of aromatic nitrogens is 1. The van der Waals surface area contributed by atoms with E-state index in [9.17, 15) is 9.59 Å². The lowest BCUT2D eigenvalue weighted by Gasteiger charge is -2.34. The Hall–Kier alpha value is -2.35. The average Bonchev–Trinajstić information content (AvgIpc) is 2.94. The Kier molecular flexibility index (Phi) is 6.79. The van der Waals surface area contributed by atoms with Crippen LogP contribution < -0.4 is 10.2 Å². The standard InChI is InChI=1S/C23H36N4O4/c1-16-18(27(23(5,6)30-16)21(29)31-22(2,3)4)20(28)25-15-17-11-10-12-24-19(17)26-13-8-7-9-14-26/h10-12,16,18H,7-9,13-15H2,1-6H3,(H,25,28). The highest BCUT2D eigenvalue weighted by molar-refractivity contribution is 5.87. The van der Waals surface area contributed by atoms with Gasteiger partial charge in [-0.05, 0) is 66.9 Å². The monoisotopic (exact) mass is 432 g/mol. The van der Waals surface area contributed by atoms with Gasteiger partial charge in [0.25, 0.3) is 0 Å². The summed E-state index contributed by atoms with van der Waals surface area (Å²) >= 11 is 0. The number of carbonyl (C=O) groups excluding carboxylic acids is 2. The van der Waals surface area contributed by atoms with E-state index in [0.717, 1.165) is 37.3 Å². The summed E-state index contributed by atoms with van der Waals surface area (Å²) in [6.07, 6.45) is 4.31. The van der Waals surface area contributed by atoms with Crippen molar-refractivity contribution in [2.45, 2.75) is 90.8 Å². The van der Waals surface area contributed by atoms with Crippen molar-refractivity contribution >= 4 is 17.8 Å². The largest absolute Gasteiger partial charge is 0.444 e. The minimum Gasteiger partial charge on any atom is -0.444 e. The molecule has 1 aromatic heterocycles. The van der Waals surface area contributed by atoms with Crippen molar-refractivity contribution in [2.75, 3.05) is 18.0 Å². The number of amides is 2. The minimum atomic E-state index is -0.947. The van der Waals surface area contributed by atoms with Crippen LogP contribution in [-0.2, 0) is 20.8 Å². The van der Waals surface area contributed by atoms with Crippen LogP contribution in [0.3, 0.4) is 0 Å². The summed E-state index contributed by atoms with van der Waals surface area (Å²) in [5.74, 6) is 0.653. The molecule has 2 atom stereocenters. The Morgan fingerprint density at radius 2 is 1.94 bits per heavy atom. The molecule has 2 aliphatic rings. The number of hydrogen-bond donors (Lipinski definition) is 1. The zero-order valence-corrected chi connectivity index (χ0v) is 19.6. The molecule has 0 radical (unpaired) electrons. The first-order chi connectivity index (χ1) is 14.5. The summed E-state index contributed by atoms with van der Waals surface area (Å²) < 4.78 is 11.5. The van der Waals surface area contributed by atoms with E-state index in [0.29, 0.717) is 6.54 Å². The second-order valence-electron chi connectivity index (χ2n) is 9.82. The van der Waals surface area contributed by atoms with Gasteiger partial charge in [-0.3, -0.25) is 9.69 Å². The molecule has 8 nitrogen and oxygen atoms in total. The second-order valence-corrected chi connectivity index (χ2v) is 9.82. The van der Waals surface area contributed by atoms with E-state index in [4.69, 9.17) is 9.47 Å². The second kappa shape index (κ2) is 9.02. The quantitative estimate of drug-likeness (QED) is 0.785. The number of nitrogens with one attached hydrogen (secondary N) is 1. The predicted molar refractivity (Wildman–Crippen MR) is 119 cm³/mol. The van der Waals surface area contributed by atoms with Gasteiger partial charge in [0, 0.05) is 31.4 Å². The molecule has 0 aromatic carbocycles. The summed E-state index contributed by atoms with van der Waals surface area (Å²) in [5.41, 5.74) is -0.650. The molecule has 2 aliphatic heterocycles. The third-order valence-corrected chi connectivity index (χ3v) is 5.61. The maximum atomic E-state index is 13.2. The molecule has 3 rings (SSSR count). The average molecular weight is 433 g/mol. The first kappa shape index (κ1) is 23.3. The molecule has 2 saturated heterocycles. The molecule has 1 aromatic rings. The van der Waals surface area contributed by atoms with Crippen molar-refractivity contribution < 1.29 is 19.1 Å². The van der Waals surface area contributed by atoms with Crippen LogP contribution in [-0.4, -0.2) is 58.4 Å². The van der Waals surface area contributed by atoms with Crippen LogP contribution in [0.1, 0.15) is 66.4 Å². The molecule has 8 heteroatoms. The van der Waals surface area contributed by atoms with E-state index >= 15 is 0 Å². The maximum absolute atomic E-state index is 13.2. The Bertz CT molecular complexity index is 799. The molecule has 0 spiro atoms. The maximum Gasteiger partial charge on any atom is 0.413 e. The number of pyridine rings is 1. The number of ether oxygens (including phenoxy) is 2. The van der Waals surface area contributed by atoms with Crippen molar-refractivity contribution in [2.24, 2.45) is 0 Å². The lowest BCUT2D eigenvalue weighted by atomic mass is 10.1. The Balaban J connectivity index is 1.74. The van der Waals surface area contributed by atoms with Crippen molar-refractivity contribution in [3.63, 3.8) is 0 Å². The molecule has 3 heterocycles. The normalized spacial score (nSPS) is 23.5. The number of piperidine rings is 1. The number of rotatable bonds is 4. The van der Waals surface area contributed by atoms with E-state index in [1.807, 2.05) is 12.1 Å². The molecule has 172 valence electrons. The molecular weight excluding hydrogens is 396 g/mol. The first-order valence-electron chi connectivity index (χ1n) is 11.2. The summed E-state index contributed by atoms with van der Waals surface area (Å²) in [5, 5.41) is 3.00. The molecule has 2 unspecified atom stereocenters. The summed E-state index contributed by atoms with van der Waals surface area (Å²) in [6, 6.07) is 3.09. The SMILES string of the molecule is CC1OC(C)(C)N(C(=O)OC(C)(C)C)C1C(=O)NCc1cccnc1N1CCCCC1. The zero-order chi connectivity index (χ0) is 22.8. The van der Waals surface area contributed by atoms with Crippen molar-refractivity contribution in [1.82, 2.24) is 15.2 Å². The molecular formula is C23H36N4O4. The molecule has 1 N–H and O–H groups in total. The zero-order valence-electron chi connectivity index (χ0n) is 19.6. The van der Waals surface area contributed by atoms with E-state index in [-0.39, 0.29) is 5.91 Å². The lowest BCUT2D eigenvalue weighted by Crippen LogP contribution is -2.55. The fourth-order valence-corrected chi connectivity index (χ4v) is 4.34. The van der Waals surface area contributed by atoms with Gasteiger partial charge >= 0.3 is 6.09 Å². The summed E-state index contributed by atoms with van der Waals surface area (Å²) in [4.78, 5) is 34.4. The fraction of sp³-hybridized carbons (Fsp3) is 0.696. The molecule has 2 amide bonds. The summed E-state index contributed by atoms with van der Waals surface area (Å²) in [6.45, 7) is 13.1. The lowest BCUT2D eigenvalue weighted by molar-refractivity contribution is -0.127. The van der Waals surface area contributed by atoms with Gasteiger partial charge in [-0.25, -0.2) is 9.78 Å². The van der Waals surface area contributed by atoms with Crippen LogP contribution in [0, 0.1) is 0 Å². The highest BCUT2D eigenvalue weighted by Crippen LogP contribution is 2.34. The van der Waals surface area contributed by atoms with Crippen LogP contribution in [0.2, 0.25) is 0 Å². The van der Waals surface area contributed by atoms with Crippen LogP contribution in [0.5, 0.6) is 0 Å². The number of hydrogen-bond acceptors (Lipinski definition) is 6. The van der Waals surface area contributed by atoms with Crippen LogP contribution in [0.4, 0.5) is 10.6 Å². The van der Waals surface area contributed by atoms with Crippen molar-refractivity contribution in [3.05, 3.63) is 23.9 Å².